The first-order chi connectivity index (χ1) is 14.4. The maximum atomic E-state index is 12.1. The number of aliphatic hydroxyl groups is 2. The van der Waals surface area contributed by atoms with Crippen LogP contribution in [0.3, 0.4) is 0 Å². The number of carbonyl (C=O) groups is 2. The van der Waals surface area contributed by atoms with Crippen molar-refractivity contribution in [2.24, 2.45) is 0 Å². The van der Waals surface area contributed by atoms with Gasteiger partial charge in [-0.2, -0.15) is 0 Å². The monoisotopic (exact) mass is 416 g/mol. The molecule has 162 valence electrons. The minimum atomic E-state index is -0.496. The molecule has 0 radical (unpaired) electrons. The van der Waals surface area contributed by atoms with Crippen molar-refractivity contribution in [1.29, 1.82) is 0 Å². The van der Waals surface area contributed by atoms with Gasteiger partial charge in [-0.3, -0.25) is 9.59 Å². The normalized spacial score (nSPS) is 12.7. The lowest BCUT2D eigenvalue weighted by Crippen LogP contribution is -2.41. The average molecular weight is 416 g/mol. The maximum Gasteiger partial charge on any atom is 0.220 e. The quantitative estimate of drug-likeness (QED) is 0.317. The van der Waals surface area contributed by atoms with Gasteiger partial charge in [0.05, 0.1) is 25.3 Å². The largest absolute Gasteiger partial charge is 0.508 e. The zero-order valence-electron chi connectivity index (χ0n) is 16.6. The Morgan fingerprint density at radius 1 is 0.667 bits per heavy atom. The minimum absolute atomic E-state index is 0.0464. The molecule has 2 rings (SSSR count). The van der Waals surface area contributed by atoms with Crippen LogP contribution in [0.25, 0.3) is 0 Å². The molecular formula is C22H28N2O6. The van der Waals surface area contributed by atoms with Gasteiger partial charge in [0.15, 0.2) is 0 Å². The van der Waals surface area contributed by atoms with Crippen molar-refractivity contribution >= 4 is 11.8 Å². The van der Waals surface area contributed by atoms with Gasteiger partial charge in [-0.15, -0.1) is 0 Å². The molecule has 0 bridgehead atoms. The molecule has 0 saturated heterocycles. The van der Waals surface area contributed by atoms with Crippen LogP contribution in [0.5, 0.6) is 11.5 Å². The molecule has 0 aliphatic rings. The van der Waals surface area contributed by atoms with Crippen molar-refractivity contribution < 1.29 is 30.0 Å². The van der Waals surface area contributed by atoms with Crippen LogP contribution in [0.4, 0.5) is 0 Å². The van der Waals surface area contributed by atoms with E-state index in [1.807, 2.05) is 0 Å². The first-order valence-corrected chi connectivity index (χ1v) is 9.76. The molecule has 2 atom stereocenters. The van der Waals surface area contributed by atoms with Crippen LogP contribution in [0.15, 0.2) is 48.5 Å². The van der Waals surface area contributed by atoms with Gasteiger partial charge in [-0.05, 0) is 48.2 Å². The molecule has 6 N–H and O–H groups in total. The molecule has 2 amide bonds. The van der Waals surface area contributed by atoms with Gasteiger partial charge in [0, 0.05) is 12.8 Å². The Bertz CT molecular complexity index is 738. The molecular weight excluding hydrogens is 388 g/mol. The average Bonchev–Trinajstić information content (AvgIpc) is 2.74. The second-order valence-electron chi connectivity index (χ2n) is 7.14. The molecule has 8 nitrogen and oxygen atoms in total. The van der Waals surface area contributed by atoms with E-state index < -0.39 is 12.1 Å². The van der Waals surface area contributed by atoms with Gasteiger partial charge in [0.2, 0.25) is 11.8 Å². The fourth-order valence-electron chi connectivity index (χ4n) is 2.98. The van der Waals surface area contributed by atoms with Gasteiger partial charge in [-0.25, -0.2) is 0 Å². The van der Waals surface area contributed by atoms with E-state index in [1.54, 1.807) is 24.3 Å². The summed E-state index contributed by atoms with van der Waals surface area (Å²) in [5.41, 5.74) is 1.70. The Kier molecular flexibility index (Phi) is 9.11. The lowest BCUT2D eigenvalue weighted by atomic mass is 10.1. The second kappa shape index (κ2) is 11.8. The van der Waals surface area contributed by atoms with Gasteiger partial charge < -0.3 is 31.1 Å². The van der Waals surface area contributed by atoms with Crippen molar-refractivity contribution in [2.75, 3.05) is 13.2 Å². The number of phenolic OH excluding ortho intramolecular Hbond substituents is 2. The molecule has 8 heteroatoms. The van der Waals surface area contributed by atoms with E-state index in [9.17, 15) is 30.0 Å². The van der Waals surface area contributed by atoms with Crippen LogP contribution in [0.1, 0.15) is 24.0 Å². The Morgan fingerprint density at radius 3 is 1.30 bits per heavy atom. The van der Waals surface area contributed by atoms with Crippen molar-refractivity contribution in [3.8, 4) is 11.5 Å². The first kappa shape index (κ1) is 23.2. The summed E-state index contributed by atoms with van der Waals surface area (Å²) in [6, 6.07) is 12.0. The summed E-state index contributed by atoms with van der Waals surface area (Å²) < 4.78 is 0. The first-order valence-electron chi connectivity index (χ1n) is 9.76. The van der Waals surface area contributed by atoms with E-state index in [1.165, 1.54) is 24.3 Å². The predicted molar refractivity (Wildman–Crippen MR) is 111 cm³/mol. The van der Waals surface area contributed by atoms with E-state index in [4.69, 9.17) is 0 Å². The summed E-state index contributed by atoms with van der Waals surface area (Å²) in [6.45, 7) is -0.504. The highest BCUT2D eigenvalue weighted by atomic mass is 16.3. The number of benzene rings is 2. The van der Waals surface area contributed by atoms with E-state index in [0.29, 0.717) is 12.8 Å². The standard InChI is InChI=1S/C22H28N2O6/c25-13-17(11-15-1-5-19(27)6-2-15)23-21(29)9-10-22(30)24-18(14-26)12-16-3-7-20(28)8-4-16/h1-8,17-18,25-28H,9-14H2,(H,23,29)(H,24,30)/t17-,18+. The van der Waals surface area contributed by atoms with Crippen molar-refractivity contribution in [3.63, 3.8) is 0 Å². The summed E-state index contributed by atoms with van der Waals surface area (Å²) in [6.07, 6.45) is 0.701. The summed E-state index contributed by atoms with van der Waals surface area (Å²) in [5.74, 6) is -0.439. The molecule has 0 saturated carbocycles. The number of amides is 2. The molecule has 0 aliphatic carbocycles. The third-order valence-corrected chi connectivity index (χ3v) is 4.59. The highest BCUT2D eigenvalue weighted by Gasteiger charge is 2.16. The number of carbonyl (C=O) groups excluding carboxylic acids is 2. The second-order valence-corrected chi connectivity index (χ2v) is 7.14. The molecule has 2 aromatic carbocycles. The summed E-state index contributed by atoms with van der Waals surface area (Å²) in [7, 11) is 0. The molecule has 0 aliphatic heterocycles. The fraction of sp³-hybridized carbons (Fsp3) is 0.364. The summed E-state index contributed by atoms with van der Waals surface area (Å²) in [4.78, 5) is 24.2. The Morgan fingerprint density at radius 2 is 1.00 bits per heavy atom. The number of nitrogens with one attached hydrogen (secondary N) is 2. The topological polar surface area (TPSA) is 139 Å². The molecule has 0 unspecified atom stereocenters. The third kappa shape index (κ3) is 8.10. The van der Waals surface area contributed by atoms with Crippen LogP contribution in [0, 0.1) is 0 Å². The van der Waals surface area contributed by atoms with Gasteiger partial charge in [0.1, 0.15) is 11.5 Å². The molecule has 30 heavy (non-hydrogen) atoms. The van der Waals surface area contributed by atoms with Gasteiger partial charge in [0.25, 0.3) is 0 Å². The minimum Gasteiger partial charge on any atom is -0.508 e. The SMILES string of the molecule is O=C(CCC(=O)N[C@@H](CO)Cc1ccc(O)cc1)N[C@H](CO)Cc1ccc(O)cc1. The zero-order valence-corrected chi connectivity index (χ0v) is 16.6. The number of aromatic hydroxyl groups is 2. The van der Waals surface area contributed by atoms with E-state index in [-0.39, 0.29) is 49.4 Å². The highest BCUT2D eigenvalue weighted by Crippen LogP contribution is 2.12. The van der Waals surface area contributed by atoms with Gasteiger partial charge in [-0.1, -0.05) is 24.3 Å². The van der Waals surface area contributed by atoms with E-state index in [0.717, 1.165) is 11.1 Å². The number of rotatable bonds is 11. The molecule has 2 aromatic rings. The van der Waals surface area contributed by atoms with Crippen LogP contribution in [-0.2, 0) is 22.4 Å². The maximum absolute atomic E-state index is 12.1. The predicted octanol–water partition coefficient (Wildman–Crippen LogP) is 0.617. The van der Waals surface area contributed by atoms with Gasteiger partial charge >= 0.3 is 0 Å². The highest BCUT2D eigenvalue weighted by molar-refractivity contribution is 5.84. The molecule has 0 aromatic heterocycles. The van der Waals surface area contributed by atoms with Crippen molar-refractivity contribution in [1.82, 2.24) is 10.6 Å². The van der Waals surface area contributed by atoms with Crippen LogP contribution < -0.4 is 10.6 Å². The lowest BCUT2D eigenvalue weighted by molar-refractivity contribution is -0.127. The van der Waals surface area contributed by atoms with Crippen molar-refractivity contribution in [2.45, 2.75) is 37.8 Å². The number of aliphatic hydroxyl groups excluding tert-OH is 2. The third-order valence-electron chi connectivity index (χ3n) is 4.59. The summed E-state index contributed by atoms with van der Waals surface area (Å²) in [5, 5.41) is 43.0. The van der Waals surface area contributed by atoms with E-state index >= 15 is 0 Å². The summed E-state index contributed by atoms with van der Waals surface area (Å²) >= 11 is 0. The number of hydrogen-bond acceptors (Lipinski definition) is 6. The van der Waals surface area contributed by atoms with E-state index in [2.05, 4.69) is 10.6 Å². The molecule has 0 heterocycles. The Balaban J connectivity index is 1.75. The lowest BCUT2D eigenvalue weighted by Gasteiger charge is -2.18. The zero-order chi connectivity index (χ0) is 21.9. The van der Waals surface area contributed by atoms with Crippen LogP contribution in [0.2, 0.25) is 0 Å². The van der Waals surface area contributed by atoms with Crippen LogP contribution >= 0.6 is 0 Å². The smallest absolute Gasteiger partial charge is 0.220 e. The molecule has 0 fully saturated rings. The Labute approximate surface area is 175 Å². The number of hydrogen-bond donors (Lipinski definition) is 6. The fourth-order valence-corrected chi connectivity index (χ4v) is 2.98. The van der Waals surface area contributed by atoms with Crippen LogP contribution in [-0.4, -0.2) is 57.5 Å². The van der Waals surface area contributed by atoms with Crippen molar-refractivity contribution in [3.05, 3.63) is 59.7 Å². The number of phenols is 2. The molecule has 0 spiro atoms. The Hall–Kier alpha value is -3.10.